The number of benzene rings is 1. The first-order valence-electron chi connectivity index (χ1n) is 6.79. The van der Waals surface area contributed by atoms with Gasteiger partial charge in [-0.2, -0.15) is 0 Å². The summed E-state index contributed by atoms with van der Waals surface area (Å²) in [5.41, 5.74) is 6.06. The van der Waals surface area contributed by atoms with E-state index in [1.165, 1.54) is 6.07 Å². The Kier molecular flexibility index (Phi) is 3.99. The van der Waals surface area contributed by atoms with E-state index in [0.29, 0.717) is 23.7 Å². The van der Waals surface area contributed by atoms with Gasteiger partial charge in [-0.3, -0.25) is 5.32 Å². The molecule has 0 unspecified atom stereocenters. The third kappa shape index (κ3) is 3.70. The number of carbonyl (C=O) groups is 1. The van der Waals surface area contributed by atoms with Crippen molar-refractivity contribution in [3.63, 3.8) is 0 Å². The molecular formula is C15H21FN2O2. The third-order valence-electron chi connectivity index (χ3n) is 3.27. The van der Waals surface area contributed by atoms with Crippen LogP contribution >= 0.6 is 0 Å². The monoisotopic (exact) mass is 280 g/mol. The van der Waals surface area contributed by atoms with Crippen LogP contribution < -0.4 is 11.1 Å². The fraction of sp³-hybridized carbons (Fsp3) is 0.533. The number of carbonyl (C=O) groups excluding carboxylic acids is 1. The zero-order valence-electron chi connectivity index (χ0n) is 12.1. The standard InChI is InChI=1S/C15H21FN2O2/c1-15(2,3)20-14(19)18-10-4-5-11(13(16)7-10)12-6-9(12)8-17/h4-5,7,9,12H,6,8,17H2,1-3H3,(H,18,19)/t9-,12+/m0/s1. The zero-order valence-corrected chi connectivity index (χ0v) is 12.1. The molecule has 20 heavy (non-hydrogen) atoms. The highest BCUT2D eigenvalue weighted by molar-refractivity contribution is 5.84. The Labute approximate surface area is 118 Å². The molecule has 0 aromatic heterocycles. The van der Waals surface area contributed by atoms with Crippen molar-refractivity contribution >= 4 is 11.8 Å². The molecule has 0 heterocycles. The van der Waals surface area contributed by atoms with Gasteiger partial charge in [0.15, 0.2) is 0 Å². The van der Waals surface area contributed by atoms with Crippen molar-refractivity contribution < 1.29 is 13.9 Å². The predicted molar refractivity (Wildman–Crippen MR) is 76.2 cm³/mol. The first-order valence-corrected chi connectivity index (χ1v) is 6.79. The van der Waals surface area contributed by atoms with E-state index in [-0.39, 0.29) is 11.7 Å². The van der Waals surface area contributed by atoms with Gasteiger partial charge in [0.05, 0.1) is 0 Å². The Bertz CT molecular complexity index is 511. The number of halogens is 1. The van der Waals surface area contributed by atoms with Gasteiger partial charge in [-0.1, -0.05) is 6.07 Å². The highest BCUT2D eigenvalue weighted by Gasteiger charge is 2.38. The SMILES string of the molecule is CC(C)(C)OC(=O)Nc1ccc([C@@H]2C[C@H]2CN)c(F)c1. The highest BCUT2D eigenvalue weighted by Crippen LogP contribution is 2.47. The van der Waals surface area contributed by atoms with Gasteiger partial charge in [0.1, 0.15) is 11.4 Å². The van der Waals surface area contributed by atoms with E-state index in [4.69, 9.17) is 10.5 Å². The van der Waals surface area contributed by atoms with Gasteiger partial charge in [0.25, 0.3) is 0 Å². The molecule has 0 radical (unpaired) electrons. The summed E-state index contributed by atoms with van der Waals surface area (Å²) in [6, 6.07) is 4.72. The van der Waals surface area contributed by atoms with Gasteiger partial charge < -0.3 is 10.5 Å². The lowest BCUT2D eigenvalue weighted by Gasteiger charge is -2.19. The lowest BCUT2D eigenvalue weighted by atomic mass is 10.1. The molecule has 0 spiro atoms. The number of rotatable bonds is 3. The molecule has 4 nitrogen and oxygen atoms in total. The largest absolute Gasteiger partial charge is 0.444 e. The zero-order chi connectivity index (χ0) is 14.9. The van der Waals surface area contributed by atoms with Crippen molar-refractivity contribution in [3.8, 4) is 0 Å². The quantitative estimate of drug-likeness (QED) is 0.893. The molecule has 2 atom stereocenters. The Hall–Kier alpha value is -1.62. The first kappa shape index (κ1) is 14.8. The fourth-order valence-corrected chi connectivity index (χ4v) is 2.22. The molecule has 1 aromatic rings. The van der Waals surface area contributed by atoms with Crippen LogP contribution in [-0.2, 0) is 4.74 Å². The smallest absolute Gasteiger partial charge is 0.412 e. The Morgan fingerprint density at radius 3 is 2.70 bits per heavy atom. The summed E-state index contributed by atoms with van der Waals surface area (Å²) in [5.74, 6) is 0.296. The molecule has 1 saturated carbocycles. The minimum atomic E-state index is -0.587. The molecule has 1 aromatic carbocycles. The minimum Gasteiger partial charge on any atom is -0.444 e. The lowest BCUT2D eigenvalue weighted by Crippen LogP contribution is -2.27. The average Bonchev–Trinajstić information content (AvgIpc) is 3.05. The molecule has 1 aliphatic carbocycles. The summed E-state index contributed by atoms with van der Waals surface area (Å²) in [5, 5.41) is 2.53. The van der Waals surface area contributed by atoms with Crippen molar-refractivity contribution in [2.24, 2.45) is 11.7 Å². The second-order valence-electron chi connectivity index (χ2n) is 6.20. The second kappa shape index (κ2) is 5.40. The Balaban J connectivity index is 2.01. The molecule has 0 saturated heterocycles. The second-order valence-corrected chi connectivity index (χ2v) is 6.20. The van der Waals surface area contributed by atoms with Crippen molar-refractivity contribution in [1.29, 1.82) is 0 Å². The molecule has 1 aliphatic rings. The predicted octanol–water partition coefficient (Wildman–Crippen LogP) is 3.23. The average molecular weight is 280 g/mol. The van der Waals surface area contributed by atoms with Crippen LogP contribution in [0.2, 0.25) is 0 Å². The summed E-state index contributed by atoms with van der Waals surface area (Å²) < 4.78 is 19.1. The Morgan fingerprint density at radius 2 is 2.20 bits per heavy atom. The van der Waals surface area contributed by atoms with E-state index in [2.05, 4.69) is 5.32 Å². The normalized spacial score (nSPS) is 21.4. The summed E-state index contributed by atoms with van der Waals surface area (Å²) >= 11 is 0. The summed E-state index contributed by atoms with van der Waals surface area (Å²) in [7, 11) is 0. The van der Waals surface area contributed by atoms with Crippen LogP contribution in [0, 0.1) is 11.7 Å². The molecule has 110 valence electrons. The molecule has 3 N–H and O–H groups in total. The number of anilines is 1. The van der Waals surface area contributed by atoms with E-state index < -0.39 is 11.7 Å². The maximum atomic E-state index is 14.0. The summed E-state index contributed by atoms with van der Waals surface area (Å²) in [6.45, 7) is 5.91. The first-order chi connectivity index (χ1) is 9.30. The van der Waals surface area contributed by atoms with E-state index in [1.54, 1.807) is 32.9 Å². The third-order valence-corrected chi connectivity index (χ3v) is 3.27. The van der Waals surface area contributed by atoms with Gasteiger partial charge in [0.2, 0.25) is 0 Å². The minimum absolute atomic E-state index is 0.218. The van der Waals surface area contributed by atoms with Crippen molar-refractivity contribution in [2.75, 3.05) is 11.9 Å². The van der Waals surface area contributed by atoms with Crippen molar-refractivity contribution in [1.82, 2.24) is 0 Å². The Morgan fingerprint density at radius 1 is 1.50 bits per heavy atom. The topological polar surface area (TPSA) is 64.3 Å². The van der Waals surface area contributed by atoms with E-state index >= 15 is 0 Å². The molecule has 0 bridgehead atoms. The van der Waals surface area contributed by atoms with Crippen LogP contribution in [0.5, 0.6) is 0 Å². The van der Waals surface area contributed by atoms with Crippen LogP contribution in [0.4, 0.5) is 14.9 Å². The van der Waals surface area contributed by atoms with E-state index in [9.17, 15) is 9.18 Å². The fourth-order valence-electron chi connectivity index (χ4n) is 2.22. The van der Waals surface area contributed by atoms with Crippen LogP contribution in [0.1, 0.15) is 38.7 Å². The summed E-state index contributed by atoms with van der Waals surface area (Å²) in [4.78, 5) is 11.6. The van der Waals surface area contributed by atoms with Gasteiger partial charge >= 0.3 is 6.09 Å². The van der Waals surface area contributed by atoms with Gasteiger partial charge in [-0.25, -0.2) is 9.18 Å². The maximum Gasteiger partial charge on any atom is 0.412 e. The van der Waals surface area contributed by atoms with Gasteiger partial charge in [-0.05, 0) is 63.3 Å². The van der Waals surface area contributed by atoms with Crippen LogP contribution in [0.3, 0.4) is 0 Å². The lowest BCUT2D eigenvalue weighted by molar-refractivity contribution is 0.0636. The van der Waals surface area contributed by atoms with Crippen LogP contribution in [0.15, 0.2) is 18.2 Å². The number of hydrogen-bond donors (Lipinski definition) is 2. The number of nitrogens with two attached hydrogens (primary N) is 1. The maximum absolute atomic E-state index is 14.0. The molecule has 0 aliphatic heterocycles. The molecule has 5 heteroatoms. The number of ether oxygens (including phenoxy) is 1. The van der Waals surface area contributed by atoms with Crippen molar-refractivity contribution in [2.45, 2.75) is 38.7 Å². The molecular weight excluding hydrogens is 259 g/mol. The van der Waals surface area contributed by atoms with Crippen LogP contribution in [0.25, 0.3) is 0 Å². The number of amides is 1. The number of nitrogens with one attached hydrogen (secondary N) is 1. The van der Waals surface area contributed by atoms with Crippen molar-refractivity contribution in [3.05, 3.63) is 29.6 Å². The van der Waals surface area contributed by atoms with E-state index in [1.807, 2.05) is 0 Å². The molecule has 1 fully saturated rings. The number of hydrogen-bond acceptors (Lipinski definition) is 3. The summed E-state index contributed by atoms with van der Waals surface area (Å²) in [6.07, 6.45) is 0.350. The van der Waals surface area contributed by atoms with Crippen LogP contribution in [-0.4, -0.2) is 18.2 Å². The molecule has 2 rings (SSSR count). The van der Waals surface area contributed by atoms with Gasteiger partial charge in [-0.15, -0.1) is 0 Å². The van der Waals surface area contributed by atoms with Gasteiger partial charge in [0, 0.05) is 5.69 Å². The molecule has 1 amide bonds. The van der Waals surface area contributed by atoms with E-state index in [0.717, 1.165) is 6.42 Å². The highest BCUT2D eigenvalue weighted by atomic mass is 19.1.